The van der Waals surface area contributed by atoms with Crippen molar-refractivity contribution in [1.82, 2.24) is 14.5 Å². The zero-order valence-corrected chi connectivity index (χ0v) is 6.74. The van der Waals surface area contributed by atoms with Gasteiger partial charge in [-0.3, -0.25) is 0 Å². The number of hydrogen-bond donors (Lipinski definition) is 2. The molecule has 0 aliphatic heterocycles. The van der Waals surface area contributed by atoms with Crippen LogP contribution in [0.1, 0.15) is 0 Å². The Morgan fingerprint density at radius 3 is 2.92 bits per heavy atom. The molecule has 5 nitrogen and oxygen atoms in total. The fourth-order valence-corrected chi connectivity index (χ4v) is 1.24. The Bertz CT molecular complexity index is 449. The molecule has 2 rings (SSSR count). The highest BCUT2D eigenvalue weighted by Gasteiger charge is 2.11. The average Bonchev–Trinajstić information content (AvgIpc) is 2.44. The van der Waals surface area contributed by atoms with E-state index < -0.39 is 5.82 Å². The van der Waals surface area contributed by atoms with Gasteiger partial charge in [-0.2, -0.15) is 0 Å². The second kappa shape index (κ2) is 2.67. The third kappa shape index (κ3) is 1.03. The van der Waals surface area contributed by atoms with E-state index in [2.05, 4.69) is 9.97 Å². The summed E-state index contributed by atoms with van der Waals surface area (Å²) in [4.78, 5) is 7.57. The van der Waals surface area contributed by atoms with Gasteiger partial charge in [0.25, 0.3) is 0 Å². The van der Waals surface area contributed by atoms with E-state index >= 15 is 0 Å². The van der Waals surface area contributed by atoms with Crippen molar-refractivity contribution < 1.29 is 4.39 Å². The van der Waals surface area contributed by atoms with E-state index in [-0.39, 0.29) is 17.9 Å². The van der Waals surface area contributed by atoms with E-state index in [1.807, 2.05) is 0 Å². The van der Waals surface area contributed by atoms with Gasteiger partial charge in [0, 0.05) is 6.20 Å². The van der Waals surface area contributed by atoms with Crippen LogP contribution in [-0.2, 0) is 6.67 Å². The Labute approximate surface area is 73.2 Å². The van der Waals surface area contributed by atoms with Crippen LogP contribution in [0, 0.1) is 5.82 Å². The summed E-state index contributed by atoms with van der Waals surface area (Å²) in [5.74, 6) is -0.312. The van der Waals surface area contributed by atoms with Crippen LogP contribution in [0.4, 0.5) is 10.2 Å². The van der Waals surface area contributed by atoms with Crippen LogP contribution in [0.3, 0.4) is 0 Å². The molecule has 0 aliphatic carbocycles. The van der Waals surface area contributed by atoms with Crippen molar-refractivity contribution in [3.8, 4) is 0 Å². The smallest absolute Gasteiger partial charge is 0.154 e. The number of nitrogens with two attached hydrogens (primary N) is 2. The lowest BCUT2D eigenvalue weighted by Gasteiger charge is -1.98. The maximum atomic E-state index is 13.2. The molecule has 2 aromatic rings. The largest absolute Gasteiger partial charge is 0.383 e. The minimum absolute atomic E-state index is 0.134. The summed E-state index contributed by atoms with van der Waals surface area (Å²) in [6, 6.07) is 0. The number of nitrogens with zero attached hydrogens (tertiary/aromatic N) is 3. The maximum absolute atomic E-state index is 13.2. The molecule has 2 heterocycles. The average molecular weight is 181 g/mol. The lowest BCUT2D eigenvalue weighted by molar-refractivity contribution is 0.625. The minimum Gasteiger partial charge on any atom is -0.383 e. The van der Waals surface area contributed by atoms with Gasteiger partial charge in [0.05, 0.1) is 12.1 Å². The Morgan fingerprint density at radius 2 is 2.23 bits per heavy atom. The minimum atomic E-state index is -0.446. The molecular formula is C7H8FN5. The Morgan fingerprint density at radius 1 is 1.46 bits per heavy atom. The first-order valence-electron chi connectivity index (χ1n) is 3.69. The Hall–Kier alpha value is -1.69. The molecule has 13 heavy (non-hydrogen) atoms. The monoisotopic (exact) mass is 181 g/mol. The molecule has 0 fully saturated rings. The molecule has 0 spiro atoms. The predicted octanol–water partition coefficient (Wildman–Crippen LogP) is 0.0688. The molecular weight excluding hydrogens is 173 g/mol. The molecule has 0 bridgehead atoms. The van der Waals surface area contributed by atoms with Crippen LogP contribution in [0.2, 0.25) is 0 Å². The Kier molecular flexibility index (Phi) is 1.63. The highest BCUT2D eigenvalue weighted by atomic mass is 19.1. The molecule has 4 N–H and O–H groups in total. The lowest BCUT2D eigenvalue weighted by atomic mass is 10.4. The summed E-state index contributed by atoms with van der Waals surface area (Å²) in [6.07, 6.45) is 2.54. The van der Waals surface area contributed by atoms with E-state index in [9.17, 15) is 4.39 Å². The van der Waals surface area contributed by atoms with Gasteiger partial charge in [-0.05, 0) is 0 Å². The molecule has 0 radical (unpaired) electrons. The van der Waals surface area contributed by atoms with Gasteiger partial charge in [0.15, 0.2) is 5.82 Å². The van der Waals surface area contributed by atoms with Crippen molar-refractivity contribution in [1.29, 1.82) is 0 Å². The van der Waals surface area contributed by atoms with Crippen LogP contribution in [0.5, 0.6) is 0 Å². The van der Waals surface area contributed by atoms with Crippen LogP contribution in [0.15, 0.2) is 12.5 Å². The van der Waals surface area contributed by atoms with Gasteiger partial charge in [-0.15, -0.1) is 0 Å². The zero-order chi connectivity index (χ0) is 9.42. The molecule has 6 heteroatoms. The maximum Gasteiger partial charge on any atom is 0.154 e. The molecule has 0 unspecified atom stereocenters. The van der Waals surface area contributed by atoms with E-state index in [0.717, 1.165) is 0 Å². The normalized spacial score (nSPS) is 10.9. The number of hydrogen-bond acceptors (Lipinski definition) is 4. The Balaban J connectivity index is 2.87. The van der Waals surface area contributed by atoms with Crippen LogP contribution in [0.25, 0.3) is 11.0 Å². The summed E-state index contributed by atoms with van der Waals surface area (Å²) < 4.78 is 14.7. The van der Waals surface area contributed by atoms with Crippen LogP contribution < -0.4 is 11.5 Å². The molecule has 0 saturated heterocycles. The summed E-state index contributed by atoms with van der Waals surface area (Å²) in [6.45, 7) is 0.164. The first kappa shape index (κ1) is 7.93. The fourth-order valence-electron chi connectivity index (χ4n) is 1.24. The number of aromatic nitrogens is 3. The van der Waals surface area contributed by atoms with Crippen LogP contribution >= 0.6 is 0 Å². The molecule has 0 amide bonds. The van der Waals surface area contributed by atoms with Gasteiger partial charge >= 0.3 is 0 Å². The van der Waals surface area contributed by atoms with E-state index in [1.54, 1.807) is 0 Å². The molecule has 68 valence electrons. The summed E-state index contributed by atoms with van der Waals surface area (Å²) in [5, 5.41) is 0.230. The van der Waals surface area contributed by atoms with Crippen molar-refractivity contribution in [3.05, 3.63) is 18.3 Å². The van der Waals surface area contributed by atoms with Crippen molar-refractivity contribution in [2.24, 2.45) is 5.73 Å². The summed E-state index contributed by atoms with van der Waals surface area (Å²) in [5.41, 5.74) is 11.3. The number of halogens is 1. The second-order valence-corrected chi connectivity index (χ2v) is 2.59. The van der Waals surface area contributed by atoms with E-state index in [4.69, 9.17) is 11.5 Å². The third-order valence-electron chi connectivity index (χ3n) is 1.83. The van der Waals surface area contributed by atoms with Gasteiger partial charge in [0.1, 0.15) is 17.8 Å². The summed E-state index contributed by atoms with van der Waals surface area (Å²) >= 11 is 0. The van der Waals surface area contributed by atoms with Crippen molar-refractivity contribution in [2.75, 3.05) is 5.73 Å². The van der Waals surface area contributed by atoms with Gasteiger partial charge in [-0.1, -0.05) is 0 Å². The van der Waals surface area contributed by atoms with Gasteiger partial charge < -0.3 is 16.0 Å². The SMILES string of the molecule is NCn1cc(F)c2c(N)ncnc21. The van der Waals surface area contributed by atoms with Gasteiger partial charge in [0.2, 0.25) is 0 Å². The quantitative estimate of drug-likeness (QED) is 0.652. The predicted molar refractivity (Wildman–Crippen MR) is 46.1 cm³/mol. The number of nitrogen functional groups attached to an aromatic ring is 1. The number of rotatable bonds is 1. The highest BCUT2D eigenvalue weighted by Crippen LogP contribution is 2.21. The fraction of sp³-hybridized carbons (Fsp3) is 0.143. The topological polar surface area (TPSA) is 82.8 Å². The van der Waals surface area contributed by atoms with Crippen molar-refractivity contribution >= 4 is 16.9 Å². The standard InChI is InChI=1S/C7H8FN5/c8-4-1-13(2-9)7-5(4)6(10)11-3-12-7/h1,3H,2,9H2,(H2,10,11,12). The molecule has 0 atom stereocenters. The number of anilines is 1. The molecule has 0 aliphatic rings. The summed E-state index contributed by atoms with van der Waals surface area (Å²) in [7, 11) is 0. The second-order valence-electron chi connectivity index (χ2n) is 2.59. The highest BCUT2D eigenvalue weighted by molar-refractivity contribution is 5.86. The van der Waals surface area contributed by atoms with Crippen LogP contribution in [-0.4, -0.2) is 14.5 Å². The van der Waals surface area contributed by atoms with Crippen molar-refractivity contribution in [2.45, 2.75) is 6.67 Å². The zero-order valence-electron chi connectivity index (χ0n) is 6.74. The third-order valence-corrected chi connectivity index (χ3v) is 1.83. The van der Waals surface area contributed by atoms with E-state index in [0.29, 0.717) is 5.65 Å². The first-order valence-corrected chi connectivity index (χ1v) is 3.69. The van der Waals surface area contributed by atoms with Gasteiger partial charge in [-0.25, -0.2) is 14.4 Å². The number of fused-ring (bicyclic) bond motifs is 1. The molecule has 2 aromatic heterocycles. The first-order chi connectivity index (χ1) is 6.24. The van der Waals surface area contributed by atoms with E-state index in [1.165, 1.54) is 17.1 Å². The molecule has 0 saturated carbocycles. The van der Waals surface area contributed by atoms with Crippen molar-refractivity contribution in [3.63, 3.8) is 0 Å². The lowest BCUT2D eigenvalue weighted by Crippen LogP contribution is -2.06. The molecule has 0 aromatic carbocycles.